The van der Waals surface area contributed by atoms with Crippen molar-refractivity contribution < 1.29 is 28.7 Å². The van der Waals surface area contributed by atoms with Crippen LogP contribution < -0.4 is 15.5 Å². The predicted octanol–water partition coefficient (Wildman–Crippen LogP) is 6.25. The van der Waals surface area contributed by atoms with Crippen LogP contribution in [0.3, 0.4) is 0 Å². The number of rotatable bonds is 12. The van der Waals surface area contributed by atoms with E-state index in [9.17, 15) is 24.0 Å². The lowest BCUT2D eigenvalue weighted by molar-refractivity contribution is -0.139. The molecule has 49 heavy (non-hydrogen) atoms. The van der Waals surface area contributed by atoms with Crippen LogP contribution in [0.25, 0.3) is 11.1 Å². The second-order valence-corrected chi connectivity index (χ2v) is 15.3. The molecule has 0 bridgehead atoms. The highest BCUT2D eigenvalue weighted by Crippen LogP contribution is 2.56. The van der Waals surface area contributed by atoms with Gasteiger partial charge in [-0.3, -0.25) is 19.3 Å². The van der Waals surface area contributed by atoms with E-state index in [1.54, 1.807) is 39.0 Å². The molecule has 1 aliphatic heterocycles. The number of allylic oxidation sites excluding steroid dienone is 1. The standard InChI is InChI=1S/C39H48N4O6/c1-5-28-21-39(28,35(46)40-23-25-15-16-25)22-32(44)31-24-42(29-19-17-27(18-20-29)26-11-7-6-8-12-26)37(48)43(31)34(45)33(38(2,3)4)41-36(47)49-30-13-9-10-14-30/h5-8,11-12,17-20,25,28,30-31,33H,1,9-10,13-16,21-24H2,2-4H3,(H,40,46)(H,41,47)/t28-,31+,33-,39-/m1/s1. The normalized spacial score (nSPS) is 24.3. The molecule has 0 unspecified atom stereocenters. The zero-order valence-electron chi connectivity index (χ0n) is 28.8. The molecule has 10 nitrogen and oxygen atoms in total. The molecule has 1 saturated heterocycles. The number of Topliss-reactive ketones (excluding diaryl/α,β-unsaturated/α-hetero) is 1. The van der Waals surface area contributed by atoms with Gasteiger partial charge in [0.15, 0.2) is 5.78 Å². The lowest BCUT2D eigenvalue weighted by atomic mass is 9.85. The highest BCUT2D eigenvalue weighted by molar-refractivity contribution is 6.12. The third kappa shape index (κ3) is 7.43. The van der Waals surface area contributed by atoms with Crippen molar-refractivity contribution >= 4 is 35.4 Å². The third-order valence-electron chi connectivity index (χ3n) is 10.6. The zero-order valence-corrected chi connectivity index (χ0v) is 28.8. The average molecular weight is 669 g/mol. The van der Waals surface area contributed by atoms with Gasteiger partial charge in [-0.2, -0.15) is 0 Å². The van der Waals surface area contributed by atoms with Crippen LogP contribution >= 0.6 is 0 Å². The van der Waals surface area contributed by atoms with Crippen molar-refractivity contribution in [2.45, 2.75) is 90.3 Å². The smallest absolute Gasteiger partial charge is 0.408 e. The Morgan fingerprint density at radius 3 is 2.22 bits per heavy atom. The van der Waals surface area contributed by atoms with E-state index in [4.69, 9.17) is 4.74 Å². The van der Waals surface area contributed by atoms with Gasteiger partial charge in [0.1, 0.15) is 18.2 Å². The van der Waals surface area contributed by atoms with Crippen molar-refractivity contribution in [2.24, 2.45) is 22.7 Å². The van der Waals surface area contributed by atoms with E-state index in [0.29, 0.717) is 24.6 Å². The largest absolute Gasteiger partial charge is 0.446 e. The summed E-state index contributed by atoms with van der Waals surface area (Å²) in [5.74, 6) is -0.949. The van der Waals surface area contributed by atoms with Crippen molar-refractivity contribution in [3.05, 3.63) is 67.3 Å². The van der Waals surface area contributed by atoms with Crippen molar-refractivity contribution in [2.75, 3.05) is 18.0 Å². The SMILES string of the molecule is C=C[C@@H]1C[C@]1(CC(=O)[C@@H]1CN(c2ccc(-c3ccccc3)cc2)C(=O)N1C(=O)[C@@H](NC(=O)OC1CCCC1)C(C)(C)C)C(=O)NCC1CC1. The summed E-state index contributed by atoms with van der Waals surface area (Å²) in [6.07, 6.45) is 6.77. The van der Waals surface area contributed by atoms with Gasteiger partial charge in [0.2, 0.25) is 5.91 Å². The molecule has 4 aliphatic rings. The van der Waals surface area contributed by atoms with Gasteiger partial charge in [-0.15, -0.1) is 6.58 Å². The van der Waals surface area contributed by atoms with Gasteiger partial charge in [0.25, 0.3) is 5.91 Å². The first-order valence-electron chi connectivity index (χ1n) is 17.6. The molecule has 260 valence electrons. The number of carbonyl (C=O) groups is 5. The number of amides is 5. The molecule has 2 aromatic rings. The molecule has 3 saturated carbocycles. The van der Waals surface area contributed by atoms with Gasteiger partial charge >= 0.3 is 12.1 Å². The fourth-order valence-corrected chi connectivity index (χ4v) is 7.22. The van der Waals surface area contributed by atoms with E-state index >= 15 is 0 Å². The van der Waals surface area contributed by atoms with Crippen LogP contribution in [0.15, 0.2) is 67.3 Å². The Bertz CT molecular complexity index is 1590. The van der Waals surface area contributed by atoms with Gasteiger partial charge in [0.05, 0.1) is 12.0 Å². The Morgan fingerprint density at radius 1 is 0.980 bits per heavy atom. The van der Waals surface area contributed by atoms with Crippen molar-refractivity contribution in [1.29, 1.82) is 0 Å². The monoisotopic (exact) mass is 668 g/mol. The Kier molecular flexibility index (Phi) is 9.69. The van der Waals surface area contributed by atoms with Crippen molar-refractivity contribution in [3.8, 4) is 11.1 Å². The summed E-state index contributed by atoms with van der Waals surface area (Å²) in [6, 6.07) is 14.3. The highest BCUT2D eigenvalue weighted by atomic mass is 16.6. The maximum atomic E-state index is 14.5. The number of ether oxygens (including phenoxy) is 1. The molecule has 0 spiro atoms. The van der Waals surface area contributed by atoms with Gasteiger partial charge in [-0.05, 0) is 85.5 Å². The molecular formula is C39H48N4O6. The van der Waals surface area contributed by atoms with Crippen molar-refractivity contribution in [3.63, 3.8) is 0 Å². The maximum absolute atomic E-state index is 14.5. The summed E-state index contributed by atoms with van der Waals surface area (Å²) in [6.45, 7) is 9.77. The molecule has 0 aromatic heterocycles. The molecule has 2 aromatic carbocycles. The van der Waals surface area contributed by atoms with E-state index in [1.165, 1.54) is 4.90 Å². The molecule has 10 heteroatoms. The average Bonchev–Trinajstić information content (AvgIpc) is 3.96. The van der Waals surface area contributed by atoms with Gasteiger partial charge < -0.3 is 15.4 Å². The van der Waals surface area contributed by atoms with E-state index in [2.05, 4.69) is 17.2 Å². The predicted molar refractivity (Wildman–Crippen MR) is 186 cm³/mol. The Hall–Kier alpha value is -4.47. The third-order valence-corrected chi connectivity index (χ3v) is 10.6. The van der Waals surface area contributed by atoms with Crippen LogP contribution in [-0.2, 0) is 19.1 Å². The summed E-state index contributed by atoms with van der Waals surface area (Å²) in [4.78, 5) is 72.0. The number of nitrogens with one attached hydrogen (secondary N) is 2. The van der Waals surface area contributed by atoms with Crippen LogP contribution in [0.2, 0.25) is 0 Å². The Balaban J connectivity index is 1.28. The molecule has 6 rings (SSSR count). The number of carbonyl (C=O) groups excluding carboxylic acids is 5. The van der Waals surface area contributed by atoms with Gasteiger partial charge in [-0.25, -0.2) is 14.5 Å². The first kappa shape index (κ1) is 34.4. The topological polar surface area (TPSA) is 125 Å². The van der Waals surface area contributed by atoms with Crippen LogP contribution in [0, 0.1) is 22.7 Å². The number of hydrogen-bond acceptors (Lipinski definition) is 6. The molecule has 5 amide bonds. The molecule has 4 fully saturated rings. The first-order valence-corrected chi connectivity index (χ1v) is 17.6. The number of benzene rings is 2. The number of nitrogens with zero attached hydrogens (tertiary/aromatic N) is 2. The number of alkyl carbamates (subject to hydrolysis) is 1. The summed E-state index contributed by atoms with van der Waals surface area (Å²) < 4.78 is 5.62. The number of urea groups is 1. The van der Waals surface area contributed by atoms with Crippen LogP contribution in [-0.4, -0.2) is 65.9 Å². The quantitative estimate of drug-likeness (QED) is 0.258. The minimum Gasteiger partial charge on any atom is -0.446 e. The van der Waals surface area contributed by atoms with E-state index in [0.717, 1.165) is 54.6 Å². The maximum Gasteiger partial charge on any atom is 0.408 e. The molecule has 4 atom stereocenters. The number of anilines is 1. The molecular weight excluding hydrogens is 620 g/mol. The summed E-state index contributed by atoms with van der Waals surface area (Å²) in [7, 11) is 0. The van der Waals surface area contributed by atoms with Crippen LogP contribution in [0.4, 0.5) is 15.3 Å². The number of hydrogen-bond donors (Lipinski definition) is 2. The molecule has 3 aliphatic carbocycles. The van der Waals surface area contributed by atoms with Crippen LogP contribution in [0.1, 0.15) is 72.1 Å². The molecule has 0 radical (unpaired) electrons. The highest BCUT2D eigenvalue weighted by Gasteiger charge is 2.61. The van der Waals surface area contributed by atoms with Crippen LogP contribution in [0.5, 0.6) is 0 Å². The summed E-state index contributed by atoms with van der Waals surface area (Å²) in [5.41, 5.74) is 0.729. The summed E-state index contributed by atoms with van der Waals surface area (Å²) in [5, 5.41) is 5.77. The van der Waals surface area contributed by atoms with E-state index < -0.39 is 40.9 Å². The minimum absolute atomic E-state index is 0.0734. The fraction of sp³-hybridized carbons (Fsp3) is 0.513. The lowest BCUT2D eigenvalue weighted by Gasteiger charge is -2.34. The Labute approximate surface area is 288 Å². The number of imide groups is 1. The molecule has 1 heterocycles. The second kappa shape index (κ2) is 13.8. The van der Waals surface area contributed by atoms with E-state index in [1.807, 2.05) is 42.5 Å². The molecule has 2 N–H and O–H groups in total. The van der Waals surface area contributed by atoms with E-state index in [-0.39, 0.29) is 36.7 Å². The fourth-order valence-electron chi connectivity index (χ4n) is 7.22. The first-order chi connectivity index (χ1) is 23.4. The lowest BCUT2D eigenvalue weighted by Crippen LogP contribution is -2.58. The minimum atomic E-state index is -1.16. The van der Waals surface area contributed by atoms with Crippen molar-refractivity contribution in [1.82, 2.24) is 15.5 Å². The van der Waals surface area contributed by atoms with Gasteiger partial charge in [0, 0.05) is 18.7 Å². The summed E-state index contributed by atoms with van der Waals surface area (Å²) >= 11 is 0. The van der Waals surface area contributed by atoms with Gasteiger partial charge in [-0.1, -0.05) is 69.3 Å². The second-order valence-electron chi connectivity index (χ2n) is 15.3. The number of ketones is 1. The Morgan fingerprint density at radius 2 is 1.63 bits per heavy atom. The zero-order chi connectivity index (χ0) is 34.9.